The van der Waals surface area contributed by atoms with E-state index in [0.29, 0.717) is 0 Å². The van der Waals surface area contributed by atoms with Gasteiger partial charge in [0.2, 0.25) is 0 Å². The standard InChI is InChI=1S/C40H40N2O3/c1-29-2-14-35(15-3-29)41(36-16-4-30(26-43)5-17-36)39-22-10-33(11-23-39)34-12-24-40(25-13-34)42(37-18-6-31(27-44)7-19-37)38-20-8-32(28-45)9-21-38/h2-12,14,16-24,35,43-45H,13,15,25-28H2,1H3. The Bertz CT molecular complexity index is 1670. The van der Waals surface area contributed by atoms with Crippen LogP contribution in [0.25, 0.3) is 5.57 Å². The van der Waals surface area contributed by atoms with E-state index in [1.165, 1.54) is 22.4 Å². The summed E-state index contributed by atoms with van der Waals surface area (Å²) in [6.07, 6.45) is 13.9. The fourth-order valence-electron chi connectivity index (χ4n) is 6.07. The second kappa shape index (κ2) is 14.0. The van der Waals surface area contributed by atoms with Gasteiger partial charge in [-0.3, -0.25) is 0 Å². The Kier molecular flexibility index (Phi) is 9.41. The van der Waals surface area contributed by atoms with E-state index in [4.69, 9.17) is 0 Å². The molecule has 5 heteroatoms. The summed E-state index contributed by atoms with van der Waals surface area (Å²) in [5.74, 6) is 0. The number of rotatable bonds is 10. The quantitative estimate of drug-likeness (QED) is 0.171. The van der Waals surface area contributed by atoms with Crippen LogP contribution in [0.15, 0.2) is 139 Å². The maximum atomic E-state index is 9.56. The average Bonchev–Trinajstić information content (AvgIpc) is 3.11. The molecule has 2 aliphatic carbocycles. The first kappa shape index (κ1) is 30.4. The lowest BCUT2D eigenvalue weighted by Crippen LogP contribution is -2.30. The van der Waals surface area contributed by atoms with E-state index in [2.05, 4.69) is 83.5 Å². The predicted molar refractivity (Wildman–Crippen MR) is 184 cm³/mol. The molecule has 45 heavy (non-hydrogen) atoms. The van der Waals surface area contributed by atoms with Gasteiger partial charge in [0.05, 0.1) is 25.9 Å². The second-order valence-corrected chi connectivity index (χ2v) is 11.7. The van der Waals surface area contributed by atoms with Gasteiger partial charge in [0.25, 0.3) is 0 Å². The molecule has 0 radical (unpaired) electrons. The smallest absolute Gasteiger partial charge is 0.0681 e. The zero-order valence-corrected chi connectivity index (χ0v) is 25.7. The molecule has 0 aliphatic heterocycles. The summed E-state index contributed by atoms with van der Waals surface area (Å²) >= 11 is 0. The molecule has 2 aliphatic rings. The maximum absolute atomic E-state index is 9.56. The number of hydrogen-bond acceptors (Lipinski definition) is 5. The summed E-state index contributed by atoms with van der Waals surface area (Å²) in [5.41, 5.74) is 12.0. The van der Waals surface area contributed by atoms with Crippen molar-refractivity contribution in [2.75, 3.05) is 9.80 Å². The van der Waals surface area contributed by atoms with E-state index in [1.54, 1.807) is 0 Å². The minimum atomic E-state index is 0.0148. The molecule has 0 fully saturated rings. The summed E-state index contributed by atoms with van der Waals surface area (Å²) in [7, 11) is 0. The average molecular weight is 597 g/mol. The van der Waals surface area contributed by atoms with Crippen molar-refractivity contribution in [3.8, 4) is 0 Å². The third-order valence-electron chi connectivity index (χ3n) is 8.68. The van der Waals surface area contributed by atoms with Gasteiger partial charge in [0.1, 0.15) is 0 Å². The van der Waals surface area contributed by atoms with E-state index in [9.17, 15) is 15.3 Å². The van der Waals surface area contributed by atoms with Gasteiger partial charge >= 0.3 is 0 Å². The molecule has 0 saturated carbocycles. The summed E-state index contributed by atoms with van der Waals surface area (Å²) in [4.78, 5) is 4.63. The lowest BCUT2D eigenvalue weighted by molar-refractivity contribution is 0.281. The van der Waals surface area contributed by atoms with Crippen molar-refractivity contribution in [3.05, 3.63) is 161 Å². The van der Waals surface area contributed by atoms with Crippen LogP contribution in [0.1, 0.15) is 48.4 Å². The number of aliphatic hydroxyl groups excluding tert-OH is 3. The molecule has 3 N–H and O–H groups in total. The fraction of sp³-hybridized carbons (Fsp3) is 0.200. The Morgan fingerprint density at radius 2 is 1.09 bits per heavy atom. The summed E-state index contributed by atoms with van der Waals surface area (Å²) < 4.78 is 0. The first-order valence-corrected chi connectivity index (χ1v) is 15.6. The third-order valence-corrected chi connectivity index (χ3v) is 8.68. The molecule has 228 valence electrons. The van der Waals surface area contributed by atoms with Crippen molar-refractivity contribution in [1.82, 2.24) is 0 Å². The molecule has 4 aromatic carbocycles. The van der Waals surface area contributed by atoms with Crippen LogP contribution in [-0.2, 0) is 19.8 Å². The van der Waals surface area contributed by atoms with Crippen LogP contribution in [0.5, 0.6) is 0 Å². The number of aliphatic hydroxyl groups is 3. The molecule has 0 bridgehead atoms. The van der Waals surface area contributed by atoms with Crippen LogP contribution in [0.2, 0.25) is 0 Å². The molecule has 0 aromatic heterocycles. The highest BCUT2D eigenvalue weighted by atomic mass is 16.3. The lowest BCUT2D eigenvalue weighted by Gasteiger charge is -2.33. The van der Waals surface area contributed by atoms with Gasteiger partial charge in [0.15, 0.2) is 0 Å². The van der Waals surface area contributed by atoms with Gasteiger partial charge in [0, 0.05) is 28.4 Å². The zero-order chi connectivity index (χ0) is 31.2. The maximum Gasteiger partial charge on any atom is 0.0681 e. The monoisotopic (exact) mass is 596 g/mol. The molecule has 0 amide bonds. The van der Waals surface area contributed by atoms with E-state index in [1.807, 2.05) is 60.7 Å². The summed E-state index contributed by atoms with van der Waals surface area (Å²) in [5, 5.41) is 28.7. The van der Waals surface area contributed by atoms with Crippen molar-refractivity contribution < 1.29 is 15.3 Å². The molecule has 5 nitrogen and oxygen atoms in total. The highest BCUT2D eigenvalue weighted by molar-refractivity contribution is 5.75. The van der Waals surface area contributed by atoms with E-state index in [-0.39, 0.29) is 25.9 Å². The minimum absolute atomic E-state index is 0.0148. The normalized spacial score (nSPS) is 16.1. The Balaban J connectivity index is 1.28. The molecule has 6 rings (SSSR count). The highest BCUT2D eigenvalue weighted by Gasteiger charge is 2.21. The molecular formula is C40H40N2O3. The van der Waals surface area contributed by atoms with Crippen molar-refractivity contribution in [2.45, 2.75) is 52.0 Å². The van der Waals surface area contributed by atoms with Crippen LogP contribution in [0.4, 0.5) is 22.7 Å². The minimum Gasteiger partial charge on any atom is -0.392 e. The van der Waals surface area contributed by atoms with Crippen molar-refractivity contribution in [3.63, 3.8) is 0 Å². The Labute approximate surface area is 266 Å². The fourth-order valence-corrected chi connectivity index (χ4v) is 6.07. The Hall–Kier alpha value is -4.68. The van der Waals surface area contributed by atoms with Crippen LogP contribution >= 0.6 is 0 Å². The summed E-state index contributed by atoms with van der Waals surface area (Å²) in [6.45, 7) is 2.20. The molecule has 0 heterocycles. The van der Waals surface area contributed by atoms with Crippen molar-refractivity contribution in [2.24, 2.45) is 0 Å². The van der Waals surface area contributed by atoms with Crippen LogP contribution in [-0.4, -0.2) is 21.4 Å². The number of hydrogen-bond donors (Lipinski definition) is 3. The first-order chi connectivity index (χ1) is 22.1. The van der Waals surface area contributed by atoms with Gasteiger partial charge in [-0.1, -0.05) is 78.4 Å². The topological polar surface area (TPSA) is 67.2 Å². The SMILES string of the molecule is CC1=CCC(N(c2ccc(CO)cc2)c2ccc(C3=CC=C(N(c4ccc(CO)cc4)c4ccc(CO)cc4)CC3)cc2)C=C1. The molecule has 1 unspecified atom stereocenters. The number of anilines is 4. The van der Waals surface area contributed by atoms with Gasteiger partial charge in [-0.2, -0.15) is 0 Å². The molecule has 0 spiro atoms. The van der Waals surface area contributed by atoms with Gasteiger partial charge in [-0.25, -0.2) is 0 Å². The lowest BCUT2D eigenvalue weighted by atomic mass is 9.94. The first-order valence-electron chi connectivity index (χ1n) is 15.6. The van der Waals surface area contributed by atoms with E-state index < -0.39 is 0 Å². The highest BCUT2D eigenvalue weighted by Crippen LogP contribution is 2.38. The zero-order valence-electron chi connectivity index (χ0n) is 25.7. The number of allylic oxidation sites excluding steroid dienone is 6. The van der Waals surface area contributed by atoms with Gasteiger partial charge < -0.3 is 25.1 Å². The largest absolute Gasteiger partial charge is 0.392 e. The molecule has 1 atom stereocenters. The Morgan fingerprint density at radius 1 is 0.600 bits per heavy atom. The number of nitrogens with zero attached hydrogens (tertiary/aromatic N) is 2. The van der Waals surface area contributed by atoms with Crippen molar-refractivity contribution in [1.29, 1.82) is 0 Å². The third kappa shape index (κ3) is 6.86. The van der Waals surface area contributed by atoms with Gasteiger partial charge in [-0.15, -0.1) is 0 Å². The van der Waals surface area contributed by atoms with E-state index in [0.717, 1.165) is 58.7 Å². The van der Waals surface area contributed by atoms with Crippen LogP contribution in [0, 0.1) is 0 Å². The predicted octanol–water partition coefficient (Wildman–Crippen LogP) is 8.48. The van der Waals surface area contributed by atoms with Crippen LogP contribution < -0.4 is 9.80 Å². The summed E-state index contributed by atoms with van der Waals surface area (Å²) in [6, 6.07) is 33.3. The molecule has 0 saturated heterocycles. The van der Waals surface area contributed by atoms with Crippen LogP contribution in [0.3, 0.4) is 0 Å². The van der Waals surface area contributed by atoms with E-state index >= 15 is 0 Å². The molecular weight excluding hydrogens is 556 g/mol. The Morgan fingerprint density at radius 3 is 1.51 bits per heavy atom. The number of benzene rings is 4. The van der Waals surface area contributed by atoms with Gasteiger partial charge in [-0.05, 0) is 109 Å². The van der Waals surface area contributed by atoms with Crippen molar-refractivity contribution >= 4 is 28.3 Å². The second-order valence-electron chi connectivity index (χ2n) is 11.7. The molecule has 4 aromatic rings.